The number of hydrogen-bond donors (Lipinski definition) is 2. The summed E-state index contributed by atoms with van der Waals surface area (Å²) in [6, 6.07) is 6.07. The normalized spacial score (nSPS) is 21.1. The maximum absolute atomic E-state index is 13.0. The molecule has 2 aliphatic heterocycles. The third-order valence-electron chi connectivity index (χ3n) is 5.21. The van der Waals surface area contributed by atoms with E-state index in [0.717, 1.165) is 38.0 Å². The van der Waals surface area contributed by atoms with Gasteiger partial charge in [-0.15, -0.1) is 0 Å². The lowest BCUT2D eigenvalue weighted by molar-refractivity contribution is 0.0594. The molecule has 1 amide bonds. The van der Waals surface area contributed by atoms with Crippen LogP contribution in [0.1, 0.15) is 41.2 Å². The maximum Gasteiger partial charge on any atom is 0.257 e. The van der Waals surface area contributed by atoms with E-state index in [4.69, 9.17) is 4.74 Å². The monoisotopic (exact) mass is 358 g/mol. The van der Waals surface area contributed by atoms with Gasteiger partial charge >= 0.3 is 0 Å². The molecule has 2 saturated heterocycles. The Kier molecular flexibility index (Phi) is 4.88. The summed E-state index contributed by atoms with van der Waals surface area (Å²) in [4.78, 5) is 14.8. The summed E-state index contributed by atoms with van der Waals surface area (Å²) < 4.78 is 18.9. The number of ether oxygens (including phenoxy) is 1. The summed E-state index contributed by atoms with van der Waals surface area (Å²) in [5.41, 5.74) is 1.64. The van der Waals surface area contributed by atoms with Gasteiger partial charge in [0.25, 0.3) is 5.91 Å². The Morgan fingerprint density at radius 2 is 1.96 bits per heavy atom. The molecule has 138 valence electrons. The molecule has 6 nitrogen and oxygen atoms in total. The van der Waals surface area contributed by atoms with Crippen LogP contribution in [-0.2, 0) is 0 Å². The predicted octanol–water partition coefficient (Wildman–Crippen LogP) is 2.31. The summed E-state index contributed by atoms with van der Waals surface area (Å²) in [6.45, 7) is 3.16. The molecule has 0 spiro atoms. The fourth-order valence-electron chi connectivity index (χ4n) is 3.73. The van der Waals surface area contributed by atoms with Crippen molar-refractivity contribution < 1.29 is 13.9 Å². The van der Waals surface area contributed by atoms with Crippen molar-refractivity contribution in [3.63, 3.8) is 0 Å². The summed E-state index contributed by atoms with van der Waals surface area (Å²) >= 11 is 0. The van der Waals surface area contributed by atoms with Gasteiger partial charge in [0.2, 0.25) is 0 Å². The number of hydrogen-bond acceptors (Lipinski definition) is 4. The van der Waals surface area contributed by atoms with Crippen LogP contribution in [0.5, 0.6) is 5.75 Å². The summed E-state index contributed by atoms with van der Waals surface area (Å²) in [5, 5.41) is 10.5. The highest BCUT2D eigenvalue weighted by atomic mass is 19.1. The number of nitrogens with zero attached hydrogens (tertiary/aromatic N) is 2. The number of likely N-dealkylation sites (tertiary alicyclic amines) is 1. The lowest BCUT2D eigenvalue weighted by Crippen LogP contribution is -2.42. The number of amides is 1. The molecule has 0 saturated carbocycles. The van der Waals surface area contributed by atoms with Gasteiger partial charge in [-0.05, 0) is 37.2 Å². The summed E-state index contributed by atoms with van der Waals surface area (Å²) in [7, 11) is 0. The molecule has 1 unspecified atom stereocenters. The molecule has 4 rings (SSSR count). The Morgan fingerprint density at radius 1 is 1.19 bits per heavy atom. The number of aromatic amines is 1. The average Bonchev–Trinajstić information content (AvgIpc) is 3.35. The van der Waals surface area contributed by atoms with Gasteiger partial charge in [0.05, 0.1) is 17.5 Å². The lowest BCUT2D eigenvalue weighted by atomic mass is 9.99. The van der Waals surface area contributed by atoms with Crippen LogP contribution in [-0.4, -0.2) is 53.3 Å². The van der Waals surface area contributed by atoms with Crippen LogP contribution in [0.15, 0.2) is 30.5 Å². The molecule has 2 aromatic rings. The molecular formula is C19H23FN4O2. The second kappa shape index (κ2) is 7.45. The van der Waals surface area contributed by atoms with Gasteiger partial charge in [0.15, 0.2) is 0 Å². The number of aromatic nitrogens is 2. The molecule has 1 aromatic carbocycles. The Hall–Kier alpha value is -2.41. The van der Waals surface area contributed by atoms with Gasteiger partial charge in [0, 0.05) is 38.4 Å². The Morgan fingerprint density at radius 3 is 2.65 bits per heavy atom. The van der Waals surface area contributed by atoms with Crippen molar-refractivity contribution in [2.24, 2.45) is 0 Å². The molecule has 1 atom stereocenters. The van der Waals surface area contributed by atoms with Crippen molar-refractivity contribution >= 4 is 5.91 Å². The van der Waals surface area contributed by atoms with Gasteiger partial charge in [-0.25, -0.2) is 4.39 Å². The maximum atomic E-state index is 13.0. The van der Waals surface area contributed by atoms with E-state index in [0.29, 0.717) is 30.3 Å². The van der Waals surface area contributed by atoms with Crippen molar-refractivity contribution in [1.29, 1.82) is 0 Å². The fraction of sp³-hybridized carbons (Fsp3) is 0.474. The number of rotatable bonds is 4. The highest BCUT2D eigenvalue weighted by Crippen LogP contribution is 2.26. The van der Waals surface area contributed by atoms with E-state index in [9.17, 15) is 9.18 Å². The SMILES string of the molecule is O=C(c1cn[nH]c1C1CCNC1)N1CCC(Oc2ccc(F)cc2)CC1. The van der Waals surface area contributed by atoms with E-state index in [2.05, 4.69) is 15.5 Å². The number of benzene rings is 1. The first-order chi connectivity index (χ1) is 12.7. The molecule has 2 aliphatic rings. The number of carbonyl (C=O) groups excluding carboxylic acids is 1. The standard InChI is InChI=1S/C19H23FN4O2/c20-14-1-3-15(4-2-14)26-16-6-9-24(10-7-16)19(25)17-12-22-23-18(17)13-5-8-21-11-13/h1-4,12-13,16,21H,5-11H2,(H,22,23). The molecule has 0 bridgehead atoms. The highest BCUT2D eigenvalue weighted by molar-refractivity contribution is 5.95. The summed E-state index contributed by atoms with van der Waals surface area (Å²) in [6.07, 6.45) is 4.25. The smallest absolute Gasteiger partial charge is 0.257 e. The van der Waals surface area contributed by atoms with Crippen LogP contribution in [0, 0.1) is 5.82 Å². The van der Waals surface area contributed by atoms with Gasteiger partial charge in [-0.2, -0.15) is 5.10 Å². The van der Waals surface area contributed by atoms with Crippen molar-refractivity contribution in [2.45, 2.75) is 31.3 Å². The quantitative estimate of drug-likeness (QED) is 0.880. The molecule has 7 heteroatoms. The van der Waals surface area contributed by atoms with Crippen molar-refractivity contribution in [1.82, 2.24) is 20.4 Å². The number of piperidine rings is 1. The zero-order chi connectivity index (χ0) is 17.9. The largest absolute Gasteiger partial charge is 0.490 e. The first kappa shape index (κ1) is 17.0. The average molecular weight is 358 g/mol. The minimum absolute atomic E-state index is 0.0425. The highest BCUT2D eigenvalue weighted by Gasteiger charge is 2.29. The third-order valence-corrected chi connectivity index (χ3v) is 5.21. The second-order valence-electron chi connectivity index (χ2n) is 6.95. The van der Waals surface area contributed by atoms with Crippen molar-refractivity contribution in [2.75, 3.05) is 26.2 Å². The van der Waals surface area contributed by atoms with E-state index in [1.807, 2.05) is 4.90 Å². The van der Waals surface area contributed by atoms with Gasteiger partial charge < -0.3 is 15.0 Å². The lowest BCUT2D eigenvalue weighted by Gasteiger charge is -2.32. The number of halogens is 1. The first-order valence-corrected chi connectivity index (χ1v) is 9.16. The molecule has 0 aliphatic carbocycles. The van der Waals surface area contributed by atoms with Crippen molar-refractivity contribution in [3.8, 4) is 5.75 Å². The number of carbonyl (C=O) groups is 1. The molecule has 2 fully saturated rings. The van der Waals surface area contributed by atoms with Gasteiger partial charge in [-0.1, -0.05) is 0 Å². The van der Waals surface area contributed by atoms with E-state index in [1.165, 1.54) is 12.1 Å². The van der Waals surface area contributed by atoms with E-state index in [-0.39, 0.29) is 17.8 Å². The number of H-pyrrole nitrogens is 1. The van der Waals surface area contributed by atoms with E-state index in [1.54, 1.807) is 18.3 Å². The Bertz CT molecular complexity index is 747. The van der Waals surface area contributed by atoms with Gasteiger partial charge in [0.1, 0.15) is 17.7 Å². The fourth-order valence-corrected chi connectivity index (χ4v) is 3.73. The van der Waals surface area contributed by atoms with E-state index < -0.39 is 0 Å². The second-order valence-corrected chi connectivity index (χ2v) is 6.95. The van der Waals surface area contributed by atoms with Crippen LogP contribution in [0.4, 0.5) is 4.39 Å². The Balaban J connectivity index is 1.35. The minimum atomic E-state index is -0.272. The molecule has 1 aromatic heterocycles. The third kappa shape index (κ3) is 3.58. The predicted molar refractivity (Wildman–Crippen MR) is 94.8 cm³/mol. The van der Waals surface area contributed by atoms with Crippen LogP contribution >= 0.6 is 0 Å². The van der Waals surface area contributed by atoms with E-state index >= 15 is 0 Å². The molecular weight excluding hydrogens is 335 g/mol. The molecule has 3 heterocycles. The van der Waals surface area contributed by atoms with Crippen LogP contribution < -0.4 is 10.1 Å². The van der Waals surface area contributed by atoms with Gasteiger partial charge in [-0.3, -0.25) is 9.89 Å². The van der Waals surface area contributed by atoms with Crippen molar-refractivity contribution in [3.05, 3.63) is 47.5 Å². The summed E-state index contributed by atoms with van der Waals surface area (Å²) in [5.74, 6) is 0.768. The topological polar surface area (TPSA) is 70.2 Å². The van der Waals surface area contributed by atoms with Crippen LogP contribution in [0.2, 0.25) is 0 Å². The molecule has 2 N–H and O–H groups in total. The van der Waals surface area contributed by atoms with Crippen LogP contribution in [0.3, 0.4) is 0 Å². The molecule has 0 radical (unpaired) electrons. The van der Waals surface area contributed by atoms with Crippen LogP contribution in [0.25, 0.3) is 0 Å². The zero-order valence-electron chi connectivity index (χ0n) is 14.6. The Labute approximate surface area is 151 Å². The number of nitrogens with one attached hydrogen (secondary N) is 2. The first-order valence-electron chi connectivity index (χ1n) is 9.16. The minimum Gasteiger partial charge on any atom is -0.490 e. The molecule has 26 heavy (non-hydrogen) atoms. The zero-order valence-corrected chi connectivity index (χ0v) is 14.6.